The standard InChI is InChI=1S/C12H20N4O3/c1-3-5-13-11-8-10(16(17)18)9-12(15-11)14-6-7-19-4-2/h8-9H,3-7H2,1-2H3,(H2,13,14,15). The molecule has 106 valence electrons. The van der Waals surface area contributed by atoms with Crippen molar-refractivity contribution in [1.29, 1.82) is 0 Å². The SMILES string of the molecule is CCCNc1cc([N+](=O)[O-])cc(NCCOCC)n1. The van der Waals surface area contributed by atoms with Crippen molar-refractivity contribution in [3.05, 3.63) is 22.2 Å². The molecule has 0 aliphatic heterocycles. The zero-order valence-corrected chi connectivity index (χ0v) is 11.3. The van der Waals surface area contributed by atoms with Crippen molar-refractivity contribution >= 4 is 17.3 Å². The highest BCUT2D eigenvalue weighted by molar-refractivity contribution is 5.54. The molecule has 0 bridgehead atoms. The lowest BCUT2D eigenvalue weighted by atomic mass is 10.3. The second-order valence-corrected chi connectivity index (χ2v) is 3.90. The fourth-order valence-corrected chi connectivity index (χ4v) is 1.45. The van der Waals surface area contributed by atoms with Crippen LogP contribution >= 0.6 is 0 Å². The Morgan fingerprint density at radius 1 is 1.26 bits per heavy atom. The van der Waals surface area contributed by atoms with Gasteiger partial charge in [0.2, 0.25) is 0 Å². The summed E-state index contributed by atoms with van der Waals surface area (Å²) >= 11 is 0. The predicted octanol–water partition coefficient (Wildman–Crippen LogP) is 2.26. The van der Waals surface area contributed by atoms with E-state index >= 15 is 0 Å². The molecule has 0 saturated carbocycles. The molecule has 0 aliphatic carbocycles. The maximum absolute atomic E-state index is 10.9. The Kier molecular flexibility index (Phi) is 6.59. The van der Waals surface area contributed by atoms with Crippen LogP contribution in [-0.2, 0) is 4.74 Å². The Balaban J connectivity index is 2.72. The minimum atomic E-state index is -0.424. The van der Waals surface area contributed by atoms with Crippen molar-refractivity contribution in [3.8, 4) is 0 Å². The van der Waals surface area contributed by atoms with Gasteiger partial charge in [-0.1, -0.05) is 6.92 Å². The molecule has 0 radical (unpaired) electrons. The first-order valence-corrected chi connectivity index (χ1v) is 6.39. The summed E-state index contributed by atoms with van der Waals surface area (Å²) in [6.07, 6.45) is 0.928. The largest absolute Gasteiger partial charge is 0.380 e. The summed E-state index contributed by atoms with van der Waals surface area (Å²) < 4.78 is 5.19. The molecule has 2 N–H and O–H groups in total. The number of pyridine rings is 1. The van der Waals surface area contributed by atoms with Gasteiger partial charge in [0.15, 0.2) is 0 Å². The van der Waals surface area contributed by atoms with Crippen molar-refractivity contribution in [2.75, 3.05) is 36.9 Å². The molecule has 1 aromatic rings. The topological polar surface area (TPSA) is 89.3 Å². The number of hydrogen-bond donors (Lipinski definition) is 2. The van der Waals surface area contributed by atoms with Crippen molar-refractivity contribution in [3.63, 3.8) is 0 Å². The molecule has 0 saturated heterocycles. The van der Waals surface area contributed by atoms with Crippen molar-refractivity contribution in [2.24, 2.45) is 0 Å². The van der Waals surface area contributed by atoms with Gasteiger partial charge in [0.25, 0.3) is 5.69 Å². The van der Waals surface area contributed by atoms with Crippen LogP contribution in [0.3, 0.4) is 0 Å². The Bertz CT molecular complexity index is 412. The van der Waals surface area contributed by atoms with Gasteiger partial charge in [-0.05, 0) is 13.3 Å². The molecule has 0 unspecified atom stereocenters. The fourth-order valence-electron chi connectivity index (χ4n) is 1.45. The smallest absolute Gasteiger partial charge is 0.276 e. The van der Waals surface area contributed by atoms with E-state index < -0.39 is 4.92 Å². The second-order valence-electron chi connectivity index (χ2n) is 3.90. The van der Waals surface area contributed by atoms with E-state index in [1.807, 2.05) is 13.8 Å². The van der Waals surface area contributed by atoms with E-state index in [4.69, 9.17) is 4.74 Å². The highest BCUT2D eigenvalue weighted by atomic mass is 16.6. The molecule has 7 nitrogen and oxygen atoms in total. The molecule has 1 aromatic heterocycles. The normalized spacial score (nSPS) is 10.2. The average Bonchev–Trinajstić information content (AvgIpc) is 2.41. The summed E-state index contributed by atoms with van der Waals surface area (Å²) in [7, 11) is 0. The number of ether oxygens (including phenoxy) is 1. The molecular formula is C12H20N4O3. The summed E-state index contributed by atoms with van der Waals surface area (Å²) in [5.74, 6) is 0.988. The van der Waals surface area contributed by atoms with Crippen molar-refractivity contribution in [2.45, 2.75) is 20.3 Å². The van der Waals surface area contributed by atoms with Crippen LogP contribution in [0, 0.1) is 10.1 Å². The van der Waals surface area contributed by atoms with Gasteiger partial charge in [-0.15, -0.1) is 0 Å². The number of aromatic nitrogens is 1. The number of hydrogen-bond acceptors (Lipinski definition) is 6. The van der Waals surface area contributed by atoms with Crippen LogP contribution in [0.25, 0.3) is 0 Å². The lowest BCUT2D eigenvalue weighted by molar-refractivity contribution is -0.384. The molecule has 19 heavy (non-hydrogen) atoms. The fraction of sp³-hybridized carbons (Fsp3) is 0.583. The van der Waals surface area contributed by atoms with E-state index in [9.17, 15) is 10.1 Å². The number of anilines is 2. The van der Waals surface area contributed by atoms with Crippen LogP contribution in [0.15, 0.2) is 12.1 Å². The highest BCUT2D eigenvalue weighted by Gasteiger charge is 2.10. The average molecular weight is 268 g/mol. The van der Waals surface area contributed by atoms with Crippen LogP contribution < -0.4 is 10.6 Å². The van der Waals surface area contributed by atoms with E-state index in [1.165, 1.54) is 12.1 Å². The third kappa shape index (κ3) is 5.52. The second kappa shape index (κ2) is 8.25. The zero-order chi connectivity index (χ0) is 14.1. The summed E-state index contributed by atoms with van der Waals surface area (Å²) in [6.45, 7) is 6.41. The third-order valence-corrected chi connectivity index (χ3v) is 2.33. The number of nitrogens with one attached hydrogen (secondary N) is 2. The minimum absolute atomic E-state index is 0.0208. The van der Waals surface area contributed by atoms with Crippen LogP contribution in [0.2, 0.25) is 0 Å². The Hall–Kier alpha value is -1.89. The molecule has 7 heteroatoms. The van der Waals surface area contributed by atoms with Crippen LogP contribution in [-0.4, -0.2) is 36.2 Å². The summed E-state index contributed by atoms with van der Waals surface area (Å²) in [4.78, 5) is 14.7. The summed E-state index contributed by atoms with van der Waals surface area (Å²) in [5.41, 5.74) is 0.0208. The quantitative estimate of drug-likeness (QED) is 0.405. The molecule has 0 fully saturated rings. The van der Waals surface area contributed by atoms with Crippen LogP contribution in [0.1, 0.15) is 20.3 Å². The maximum atomic E-state index is 10.9. The van der Waals surface area contributed by atoms with E-state index in [2.05, 4.69) is 15.6 Å². The van der Waals surface area contributed by atoms with Gasteiger partial charge in [-0.3, -0.25) is 10.1 Å². The van der Waals surface area contributed by atoms with E-state index in [0.29, 0.717) is 31.4 Å². The van der Waals surface area contributed by atoms with Gasteiger partial charge in [-0.25, -0.2) is 4.98 Å². The van der Waals surface area contributed by atoms with Gasteiger partial charge in [-0.2, -0.15) is 0 Å². The third-order valence-electron chi connectivity index (χ3n) is 2.33. The van der Waals surface area contributed by atoms with Gasteiger partial charge in [0.1, 0.15) is 11.6 Å². The van der Waals surface area contributed by atoms with Crippen LogP contribution in [0.5, 0.6) is 0 Å². The van der Waals surface area contributed by atoms with Gasteiger partial charge in [0, 0.05) is 19.7 Å². The summed E-state index contributed by atoms with van der Waals surface area (Å²) in [6, 6.07) is 2.85. The molecule has 0 spiro atoms. The van der Waals surface area contributed by atoms with Crippen molar-refractivity contribution < 1.29 is 9.66 Å². The van der Waals surface area contributed by atoms with Crippen molar-refractivity contribution in [1.82, 2.24) is 4.98 Å². The first-order chi connectivity index (χ1) is 9.17. The molecule has 1 heterocycles. The Morgan fingerprint density at radius 2 is 1.89 bits per heavy atom. The van der Waals surface area contributed by atoms with E-state index in [1.54, 1.807) is 0 Å². The number of rotatable bonds is 9. The molecular weight excluding hydrogens is 248 g/mol. The molecule has 0 atom stereocenters. The highest BCUT2D eigenvalue weighted by Crippen LogP contribution is 2.20. The Morgan fingerprint density at radius 3 is 2.42 bits per heavy atom. The first kappa shape index (κ1) is 15.2. The Labute approximate surface area is 112 Å². The zero-order valence-electron chi connectivity index (χ0n) is 11.3. The lowest BCUT2D eigenvalue weighted by Crippen LogP contribution is -2.11. The van der Waals surface area contributed by atoms with Crippen LogP contribution in [0.4, 0.5) is 17.3 Å². The molecule has 0 amide bonds. The lowest BCUT2D eigenvalue weighted by Gasteiger charge is -2.09. The predicted molar refractivity (Wildman–Crippen MR) is 74.7 cm³/mol. The number of nitro groups is 1. The molecule has 0 aromatic carbocycles. The maximum Gasteiger partial charge on any atom is 0.276 e. The molecule has 1 rings (SSSR count). The first-order valence-electron chi connectivity index (χ1n) is 6.39. The van der Waals surface area contributed by atoms with E-state index in [-0.39, 0.29) is 5.69 Å². The van der Waals surface area contributed by atoms with Gasteiger partial charge in [0.05, 0.1) is 23.7 Å². The van der Waals surface area contributed by atoms with E-state index in [0.717, 1.165) is 13.0 Å². The number of nitrogens with zero attached hydrogens (tertiary/aromatic N) is 2. The minimum Gasteiger partial charge on any atom is -0.380 e. The monoisotopic (exact) mass is 268 g/mol. The molecule has 0 aliphatic rings. The van der Waals surface area contributed by atoms with Gasteiger partial charge < -0.3 is 15.4 Å². The van der Waals surface area contributed by atoms with Gasteiger partial charge >= 0.3 is 0 Å². The summed E-state index contributed by atoms with van der Waals surface area (Å²) in [5, 5.41) is 16.9.